The van der Waals surface area contributed by atoms with Crippen molar-refractivity contribution in [1.82, 2.24) is 20.6 Å². The molecule has 2 N–H and O–H groups in total. The zero-order chi connectivity index (χ0) is 18.4. The predicted octanol–water partition coefficient (Wildman–Crippen LogP) is 1.37. The first-order valence-electron chi connectivity index (χ1n) is 8.77. The molecule has 1 aromatic carbocycles. The van der Waals surface area contributed by atoms with Gasteiger partial charge in [0.1, 0.15) is 5.82 Å². The fraction of sp³-hybridized carbons (Fsp3) is 0.368. The Bertz CT molecular complexity index is 740. The Hall–Kier alpha value is -2.96. The lowest BCUT2D eigenvalue weighted by atomic mass is 9.96. The van der Waals surface area contributed by atoms with Crippen molar-refractivity contribution in [1.29, 1.82) is 0 Å². The first-order valence-corrected chi connectivity index (χ1v) is 8.77. The third-order valence-electron chi connectivity index (χ3n) is 4.65. The number of nitrogens with zero attached hydrogens (tertiary/aromatic N) is 3. The largest absolute Gasteiger partial charge is 0.355 e. The third-order valence-corrected chi connectivity index (χ3v) is 4.65. The van der Waals surface area contributed by atoms with Gasteiger partial charge in [0.2, 0.25) is 5.91 Å². The Balaban J connectivity index is 1.46. The molecule has 0 unspecified atom stereocenters. The van der Waals surface area contributed by atoms with Crippen molar-refractivity contribution in [2.45, 2.75) is 19.4 Å². The minimum Gasteiger partial charge on any atom is -0.355 e. The van der Waals surface area contributed by atoms with Gasteiger partial charge in [0.05, 0.1) is 6.20 Å². The lowest BCUT2D eigenvalue weighted by Crippen LogP contribution is -2.40. The van der Waals surface area contributed by atoms with Gasteiger partial charge in [0, 0.05) is 50.6 Å². The van der Waals surface area contributed by atoms with Gasteiger partial charge in [-0.1, -0.05) is 12.1 Å². The van der Waals surface area contributed by atoms with Gasteiger partial charge < -0.3 is 15.5 Å². The second-order valence-corrected chi connectivity index (χ2v) is 6.32. The molecule has 2 aromatic rings. The van der Waals surface area contributed by atoms with Crippen LogP contribution in [0.2, 0.25) is 0 Å². The van der Waals surface area contributed by atoms with Crippen molar-refractivity contribution >= 4 is 17.6 Å². The first kappa shape index (κ1) is 17.8. The highest BCUT2D eigenvalue weighted by Crippen LogP contribution is 2.21. The summed E-state index contributed by atoms with van der Waals surface area (Å²) in [4.78, 5) is 34.5. The van der Waals surface area contributed by atoms with Crippen LogP contribution < -0.4 is 15.5 Å². The van der Waals surface area contributed by atoms with Crippen LogP contribution in [0.25, 0.3) is 0 Å². The maximum absolute atomic E-state index is 12.4. The van der Waals surface area contributed by atoms with Crippen LogP contribution in [0.1, 0.15) is 28.8 Å². The molecule has 0 radical (unpaired) electrons. The molecule has 0 bridgehead atoms. The highest BCUT2D eigenvalue weighted by Gasteiger charge is 2.25. The van der Waals surface area contributed by atoms with Crippen LogP contribution >= 0.6 is 0 Å². The Morgan fingerprint density at radius 1 is 1.15 bits per heavy atom. The van der Waals surface area contributed by atoms with E-state index in [1.807, 2.05) is 12.1 Å². The standard InChI is InChI=1S/C19H23N5O2/c1-20-18(25)15-4-2-14(3-5-15)12-23-19(26)16-6-10-24(11-7-16)17-13-21-8-9-22-17/h2-5,8-9,13,16H,6-7,10-12H2,1H3,(H,20,25)(H,23,26). The molecule has 26 heavy (non-hydrogen) atoms. The second-order valence-electron chi connectivity index (χ2n) is 6.32. The molecule has 0 atom stereocenters. The lowest BCUT2D eigenvalue weighted by molar-refractivity contribution is -0.125. The number of anilines is 1. The quantitative estimate of drug-likeness (QED) is 0.848. The van der Waals surface area contributed by atoms with E-state index in [0.29, 0.717) is 12.1 Å². The SMILES string of the molecule is CNC(=O)c1ccc(CNC(=O)C2CCN(c3cnccn3)CC2)cc1. The number of amides is 2. The second kappa shape index (κ2) is 8.42. The normalized spacial score (nSPS) is 14.7. The van der Waals surface area contributed by atoms with Crippen LogP contribution in [0.3, 0.4) is 0 Å². The van der Waals surface area contributed by atoms with Crippen LogP contribution in [-0.2, 0) is 11.3 Å². The Morgan fingerprint density at radius 3 is 2.50 bits per heavy atom. The van der Waals surface area contributed by atoms with Gasteiger partial charge >= 0.3 is 0 Å². The number of carbonyl (C=O) groups is 2. The maximum Gasteiger partial charge on any atom is 0.251 e. The van der Waals surface area contributed by atoms with Crippen molar-refractivity contribution in [3.8, 4) is 0 Å². The smallest absolute Gasteiger partial charge is 0.251 e. The molecule has 0 saturated carbocycles. The number of benzene rings is 1. The van der Waals surface area contributed by atoms with Gasteiger partial charge in [-0.3, -0.25) is 14.6 Å². The number of rotatable bonds is 5. The van der Waals surface area contributed by atoms with Crippen molar-refractivity contribution < 1.29 is 9.59 Å². The number of hydrogen-bond donors (Lipinski definition) is 2. The summed E-state index contributed by atoms with van der Waals surface area (Å²) >= 11 is 0. The summed E-state index contributed by atoms with van der Waals surface area (Å²) in [6.07, 6.45) is 6.70. The summed E-state index contributed by atoms with van der Waals surface area (Å²) in [5.74, 6) is 0.852. The molecule has 7 heteroatoms. The molecule has 2 amide bonds. The first-order chi connectivity index (χ1) is 12.7. The fourth-order valence-corrected chi connectivity index (χ4v) is 3.08. The van der Waals surface area contributed by atoms with E-state index in [0.717, 1.165) is 37.3 Å². The van der Waals surface area contributed by atoms with Gasteiger partial charge in [0.25, 0.3) is 5.91 Å². The number of carbonyl (C=O) groups excluding carboxylic acids is 2. The summed E-state index contributed by atoms with van der Waals surface area (Å²) in [7, 11) is 1.60. The average Bonchev–Trinajstić information content (AvgIpc) is 2.72. The monoisotopic (exact) mass is 353 g/mol. The van der Waals surface area contributed by atoms with Gasteiger partial charge in [-0.05, 0) is 30.5 Å². The minimum absolute atomic E-state index is 0.0214. The van der Waals surface area contributed by atoms with Crippen LogP contribution in [0.4, 0.5) is 5.82 Å². The number of aromatic nitrogens is 2. The van der Waals surface area contributed by atoms with E-state index in [-0.39, 0.29) is 17.7 Å². The van der Waals surface area contributed by atoms with E-state index < -0.39 is 0 Å². The summed E-state index contributed by atoms with van der Waals surface area (Å²) in [5, 5.41) is 5.59. The third kappa shape index (κ3) is 4.36. The van der Waals surface area contributed by atoms with Crippen LogP contribution in [0, 0.1) is 5.92 Å². The van der Waals surface area contributed by atoms with Crippen LogP contribution in [0.15, 0.2) is 42.9 Å². The van der Waals surface area contributed by atoms with E-state index in [1.165, 1.54) is 0 Å². The van der Waals surface area contributed by atoms with E-state index in [1.54, 1.807) is 37.8 Å². The predicted molar refractivity (Wildman–Crippen MR) is 98.6 cm³/mol. The molecule has 1 aliphatic heterocycles. The molecule has 136 valence electrons. The fourth-order valence-electron chi connectivity index (χ4n) is 3.08. The summed E-state index contributed by atoms with van der Waals surface area (Å²) in [6, 6.07) is 7.25. The van der Waals surface area contributed by atoms with Crippen LogP contribution in [-0.4, -0.2) is 41.9 Å². The molecule has 0 spiro atoms. The van der Waals surface area contributed by atoms with Crippen LogP contribution in [0.5, 0.6) is 0 Å². The maximum atomic E-state index is 12.4. The molecule has 1 aliphatic rings. The molecular formula is C19H23N5O2. The number of nitrogens with one attached hydrogen (secondary N) is 2. The molecule has 2 heterocycles. The van der Waals surface area contributed by atoms with Crippen molar-refractivity contribution in [3.63, 3.8) is 0 Å². The number of hydrogen-bond acceptors (Lipinski definition) is 5. The van der Waals surface area contributed by atoms with Crippen molar-refractivity contribution in [2.75, 3.05) is 25.0 Å². The Kier molecular flexibility index (Phi) is 5.78. The Labute approximate surface area is 152 Å². The van der Waals surface area contributed by atoms with Gasteiger partial charge in [0.15, 0.2) is 0 Å². The van der Waals surface area contributed by atoms with Gasteiger partial charge in [-0.2, -0.15) is 0 Å². The molecule has 1 saturated heterocycles. The highest BCUT2D eigenvalue weighted by atomic mass is 16.2. The molecule has 1 aromatic heterocycles. The molecular weight excluding hydrogens is 330 g/mol. The average molecular weight is 353 g/mol. The lowest BCUT2D eigenvalue weighted by Gasteiger charge is -2.31. The van der Waals surface area contributed by atoms with Crippen molar-refractivity contribution in [3.05, 3.63) is 54.0 Å². The number of piperidine rings is 1. The molecule has 3 rings (SSSR count). The van der Waals surface area contributed by atoms with E-state index >= 15 is 0 Å². The van der Waals surface area contributed by atoms with Gasteiger partial charge in [-0.15, -0.1) is 0 Å². The van der Waals surface area contributed by atoms with E-state index in [4.69, 9.17) is 0 Å². The minimum atomic E-state index is -0.115. The van der Waals surface area contributed by atoms with Gasteiger partial charge in [-0.25, -0.2) is 4.98 Å². The summed E-state index contributed by atoms with van der Waals surface area (Å²) in [5.41, 5.74) is 1.59. The van der Waals surface area contributed by atoms with E-state index in [9.17, 15) is 9.59 Å². The highest BCUT2D eigenvalue weighted by molar-refractivity contribution is 5.93. The topological polar surface area (TPSA) is 87.2 Å². The van der Waals surface area contributed by atoms with E-state index in [2.05, 4.69) is 25.5 Å². The molecule has 7 nitrogen and oxygen atoms in total. The molecule has 1 fully saturated rings. The zero-order valence-electron chi connectivity index (χ0n) is 14.8. The summed E-state index contributed by atoms with van der Waals surface area (Å²) in [6.45, 7) is 2.08. The Morgan fingerprint density at radius 2 is 1.88 bits per heavy atom. The molecule has 0 aliphatic carbocycles. The zero-order valence-corrected chi connectivity index (χ0v) is 14.8. The van der Waals surface area contributed by atoms with Crippen molar-refractivity contribution in [2.24, 2.45) is 5.92 Å². The summed E-state index contributed by atoms with van der Waals surface area (Å²) < 4.78 is 0.